The Morgan fingerprint density at radius 2 is 1.83 bits per heavy atom. The van der Waals surface area contributed by atoms with Crippen molar-refractivity contribution in [1.82, 2.24) is 4.31 Å². The second-order valence-corrected chi connectivity index (χ2v) is 9.46. The van der Waals surface area contributed by atoms with E-state index in [1.165, 1.54) is 4.31 Å². The summed E-state index contributed by atoms with van der Waals surface area (Å²) in [5.41, 5.74) is 1.03. The van der Waals surface area contributed by atoms with Crippen molar-refractivity contribution in [2.45, 2.75) is 55.7 Å². The Morgan fingerprint density at radius 3 is 2.48 bits per heavy atom. The quantitative estimate of drug-likeness (QED) is 0.717. The van der Waals surface area contributed by atoms with Crippen LogP contribution in [0.3, 0.4) is 0 Å². The standard InChI is InChI=1S/C16H18BrNO4S/c1-9-4-6-10(7-5-9)23(19,20)18-12-8-11(17)14-15(13(12)18)22-16(2,3)21-14/h4-8,12-15H,1-3H3/t12-,13-,14-,15+,18?/m1/s1. The third-order valence-corrected chi connectivity index (χ3v) is 7.14. The summed E-state index contributed by atoms with van der Waals surface area (Å²) >= 11 is 3.51. The highest BCUT2D eigenvalue weighted by Crippen LogP contribution is 2.51. The molecule has 4 rings (SSSR count). The lowest BCUT2D eigenvalue weighted by Gasteiger charge is -2.18. The van der Waals surface area contributed by atoms with Crippen LogP contribution in [0.25, 0.3) is 0 Å². The summed E-state index contributed by atoms with van der Waals surface area (Å²) in [6.45, 7) is 5.63. The number of ether oxygens (including phenoxy) is 2. The van der Waals surface area contributed by atoms with Gasteiger partial charge < -0.3 is 9.47 Å². The summed E-state index contributed by atoms with van der Waals surface area (Å²) in [6.07, 6.45) is 1.39. The van der Waals surface area contributed by atoms with Gasteiger partial charge >= 0.3 is 0 Å². The maximum Gasteiger partial charge on any atom is 0.244 e. The minimum absolute atomic E-state index is 0.172. The number of hydrogen-bond donors (Lipinski definition) is 0. The van der Waals surface area contributed by atoms with Crippen molar-refractivity contribution in [2.24, 2.45) is 0 Å². The van der Waals surface area contributed by atoms with Gasteiger partial charge in [-0.1, -0.05) is 39.7 Å². The Kier molecular flexibility index (Phi) is 3.36. The molecule has 7 heteroatoms. The monoisotopic (exact) mass is 399 g/mol. The molecule has 0 aromatic heterocycles. The van der Waals surface area contributed by atoms with Crippen molar-refractivity contribution in [3.8, 4) is 0 Å². The first-order chi connectivity index (χ1) is 10.7. The van der Waals surface area contributed by atoms with Crippen molar-refractivity contribution in [3.63, 3.8) is 0 Å². The molecule has 1 unspecified atom stereocenters. The summed E-state index contributed by atoms with van der Waals surface area (Å²) in [6, 6.07) is 6.56. The fourth-order valence-electron chi connectivity index (χ4n) is 3.42. The van der Waals surface area contributed by atoms with Crippen molar-refractivity contribution in [2.75, 3.05) is 0 Å². The van der Waals surface area contributed by atoms with Crippen LogP contribution in [0.4, 0.5) is 0 Å². The van der Waals surface area contributed by atoms with Gasteiger partial charge in [0.2, 0.25) is 10.0 Å². The Balaban J connectivity index is 1.67. The third kappa shape index (κ3) is 2.41. The molecule has 5 nitrogen and oxygen atoms in total. The van der Waals surface area contributed by atoms with E-state index in [2.05, 4.69) is 15.9 Å². The number of fused-ring (bicyclic) bond motifs is 3. The second-order valence-electron chi connectivity index (χ2n) is 6.70. The third-order valence-electron chi connectivity index (χ3n) is 4.51. The van der Waals surface area contributed by atoms with Crippen LogP contribution in [0.1, 0.15) is 19.4 Å². The fraction of sp³-hybridized carbons (Fsp3) is 0.500. The zero-order valence-corrected chi connectivity index (χ0v) is 15.5. The van der Waals surface area contributed by atoms with E-state index in [4.69, 9.17) is 9.47 Å². The van der Waals surface area contributed by atoms with Gasteiger partial charge in [-0.15, -0.1) is 0 Å². The molecule has 124 valence electrons. The molecule has 2 saturated heterocycles. The maximum absolute atomic E-state index is 12.9. The lowest BCUT2D eigenvalue weighted by Crippen LogP contribution is -2.34. The number of benzene rings is 1. The molecule has 2 fully saturated rings. The summed E-state index contributed by atoms with van der Waals surface area (Å²) in [4.78, 5) is 0.316. The van der Waals surface area contributed by atoms with E-state index >= 15 is 0 Å². The van der Waals surface area contributed by atoms with Gasteiger partial charge in [-0.05, 0) is 32.9 Å². The highest BCUT2D eigenvalue weighted by Gasteiger charge is 2.66. The average Bonchev–Trinajstić information content (AvgIpc) is 3.08. The molecule has 23 heavy (non-hydrogen) atoms. The summed E-state index contributed by atoms with van der Waals surface area (Å²) < 4.78 is 40.1. The van der Waals surface area contributed by atoms with Gasteiger partial charge in [0.15, 0.2) is 5.79 Å². The number of nitrogens with zero attached hydrogens (tertiary/aromatic N) is 1. The second kappa shape index (κ2) is 4.89. The van der Waals surface area contributed by atoms with Gasteiger partial charge in [0, 0.05) is 4.48 Å². The highest BCUT2D eigenvalue weighted by molar-refractivity contribution is 9.11. The number of rotatable bonds is 2. The Labute approximate surface area is 144 Å². The predicted molar refractivity (Wildman–Crippen MR) is 88.6 cm³/mol. The topological polar surface area (TPSA) is 55.6 Å². The number of sulfonamides is 1. The molecule has 2 heterocycles. The number of aryl methyl sites for hydroxylation is 1. The van der Waals surface area contributed by atoms with Crippen LogP contribution in [-0.2, 0) is 19.5 Å². The maximum atomic E-state index is 12.9. The largest absolute Gasteiger partial charge is 0.342 e. The SMILES string of the molecule is Cc1ccc(S(=O)(=O)N2[C@H]3[C@@H]4OC(C)(C)O[C@@H]4C(Br)=C[C@H]32)cc1. The van der Waals surface area contributed by atoms with Crippen LogP contribution in [0.2, 0.25) is 0 Å². The molecule has 1 aliphatic carbocycles. The van der Waals surface area contributed by atoms with E-state index in [-0.39, 0.29) is 24.3 Å². The minimum atomic E-state index is -3.53. The first kappa shape index (κ1) is 15.8. The molecular formula is C16H18BrNO4S. The van der Waals surface area contributed by atoms with Gasteiger partial charge in [0.1, 0.15) is 12.2 Å². The van der Waals surface area contributed by atoms with Crippen LogP contribution >= 0.6 is 15.9 Å². The Hall–Kier alpha value is -0.730. The molecule has 2 aliphatic heterocycles. The van der Waals surface area contributed by atoms with Crippen molar-refractivity contribution in [1.29, 1.82) is 0 Å². The molecule has 0 amide bonds. The van der Waals surface area contributed by atoms with Gasteiger partial charge in [0.25, 0.3) is 0 Å². The number of hydrogen-bond acceptors (Lipinski definition) is 4. The normalized spacial score (nSPS) is 37.7. The van der Waals surface area contributed by atoms with Gasteiger partial charge in [0.05, 0.1) is 17.0 Å². The fourth-order valence-corrected chi connectivity index (χ4v) is 5.79. The van der Waals surface area contributed by atoms with E-state index in [1.807, 2.05) is 39.0 Å². The van der Waals surface area contributed by atoms with Crippen LogP contribution in [0.15, 0.2) is 39.7 Å². The van der Waals surface area contributed by atoms with E-state index in [1.54, 1.807) is 12.1 Å². The molecule has 0 saturated carbocycles. The minimum Gasteiger partial charge on any atom is -0.342 e. The molecule has 0 spiro atoms. The summed E-state index contributed by atoms with van der Waals surface area (Å²) in [5.74, 6) is -0.709. The van der Waals surface area contributed by atoms with Gasteiger partial charge in [-0.3, -0.25) is 0 Å². The average molecular weight is 400 g/mol. The lowest BCUT2D eigenvalue weighted by atomic mass is 10.0. The van der Waals surface area contributed by atoms with E-state index in [9.17, 15) is 8.42 Å². The van der Waals surface area contributed by atoms with Crippen LogP contribution in [-0.4, -0.2) is 42.8 Å². The first-order valence-electron chi connectivity index (χ1n) is 7.54. The number of halogens is 1. The van der Waals surface area contributed by atoms with Crippen LogP contribution in [0.5, 0.6) is 0 Å². The molecule has 0 N–H and O–H groups in total. The van der Waals surface area contributed by atoms with E-state index < -0.39 is 15.8 Å². The van der Waals surface area contributed by atoms with Crippen molar-refractivity contribution in [3.05, 3.63) is 40.4 Å². The molecule has 5 atom stereocenters. The molecule has 0 radical (unpaired) electrons. The molecular weight excluding hydrogens is 382 g/mol. The van der Waals surface area contributed by atoms with Crippen molar-refractivity contribution < 1.29 is 17.9 Å². The van der Waals surface area contributed by atoms with Crippen LogP contribution < -0.4 is 0 Å². The first-order valence-corrected chi connectivity index (χ1v) is 9.77. The van der Waals surface area contributed by atoms with E-state index in [0.29, 0.717) is 4.90 Å². The van der Waals surface area contributed by atoms with Crippen molar-refractivity contribution >= 4 is 26.0 Å². The van der Waals surface area contributed by atoms with E-state index in [0.717, 1.165) is 10.0 Å². The van der Waals surface area contributed by atoms with Crippen LogP contribution in [0, 0.1) is 6.92 Å². The summed E-state index contributed by atoms with van der Waals surface area (Å²) in [7, 11) is -3.53. The highest BCUT2D eigenvalue weighted by atomic mass is 79.9. The van der Waals surface area contributed by atoms with Gasteiger partial charge in [-0.2, -0.15) is 4.31 Å². The molecule has 3 aliphatic rings. The Bertz CT molecular complexity index is 787. The Morgan fingerprint density at radius 1 is 1.17 bits per heavy atom. The summed E-state index contributed by atoms with van der Waals surface area (Å²) in [5, 5.41) is 0. The lowest BCUT2D eigenvalue weighted by molar-refractivity contribution is -0.143. The van der Waals surface area contributed by atoms with Gasteiger partial charge in [-0.25, -0.2) is 8.42 Å². The zero-order valence-electron chi connectivity index (χ0n) is 13.1. The molecule has 0 bridgehead atoms. The smallest absolute Gasteiger partial charge is 0.244 e. The molecule has 1 aromatic rings. The molecule has 1 aromatic carbocycles. The predicted octanol–water partition coefficient (Wildman–Crippen LogP) is 2.55. The zero-order chi connectivity index (χ0) is 16.6.